The number of oxime groups is 1. The molecule has 5 aliphatic rings. The van der Waals surface area contributed by atoms with Crippen molar-refractivity contribution in [3.05, 3.63) is 0 Å². The maximum atomic E-state index is 9.43. The predicted molar refractivity (Wildman–Crippen MR) is 122 cm³/mol. The van der Waals surface area contributed by atoms with Crippen LogP contribution in [0, 0.1) is 52.3 Å². The molecule has 4 saturated carbocycles. The minimum Gasteiger partial charge on any atom is -0.411 e. The van der Waals surface area contributed by atoms with Crippen molar-refractivity contribution in [1.82, 2.24) is 0 Å². The smallest absolute Gasteiger partial charge is 0.126 e. The fraction of sp³-hybridized carbons (Fsp3) is 0.963. The van der Waals surface area contributed by atoms with E-state index in [2.05, 4.69) is 39.8 Å². The molecule has 5 rings (SSSR count). The van der Waals surface area contributed by atoms with E-state index < -0.39 is 0 Å². The van der Waals surface area contributed by atoms with E-state index in [0.717, 1.165) is 47.6 Å². The fourth-order valence-corrected chi connectivity index (χ4v) is 9.56. The second kappa shape index (κ2) is 7.49. The van der Waals surface area contributed by atoms with Crippen molar-refractivity contribution >= 4 is 5.71 Å². The Kier molecular flexibility index (Phi) is 5.32. The lowest BCUT2D eigenvalue weighted by molar-refractivity contribution is -0.109. The number of fused-ring (bicyclic) bond motifs is 7. The van der Waals surface area contributed by atoms with Crippen molar-refractivity contribution in [2.75, 3.05) is 0 Å². The lowest BCUT2D eigenvalue weighted by Crippen LogP contribution is -2.56. The van der Waals surface area contributed by atoms with E-state index in [1.54, 1.807) is 0 Å². The quantitative estimate of drug-likeness (QED) is 0.301. The molecule has 0 spiro atoms. The second-order valence-electron chi connectivity index (χ2n) is 12.8. The molecule has 30 heavy (non-hydrogen) atoms. The molecule has 170 valence electrons. The Balaban J connectivity index is 1.32. The molecule has 5 fully saturated rings. The molecule has 1 heterocycles. The molecule has 1 aliphatic heterocycles. The van der Waals surface area contributed by atoms with Crippen LogP contribution in [0.2, 0.25) is 0 Å². The summed E-state index contributed by atoms with van der Waals surface area (Å²) in [5, 5.41) is 13.0. The molecule has 0 radical (unpaired) electrons. The third-order valence-electron chi connectivity index (χ3n) is 11.2. The van der Waals surface area contributed by atoms with Crippen molar-refractivity contribution in [1.29, 1.82) is 0 Å². The normalized spacial score (nSPS) is 51.8. The van der Waals surface area contributed by atoms with Gasteiger partial charge in [-0.05, 0) is 91.8 Å². The molecule has 4 aliphatic carbocycles. The van der Waals surface area contributed by atoms with Gasteiger partial charge in [0.25, 0.3) is 0 Å². The topological polar surface area (TPSA) is 45.1 Å². The van der Waals surface area contributed by atoms with Gasteiger partial charge in [0.2, 0.25) is 0 Å². The highest BCUT2D eigenvalue weighted by atomic mass is 16.6. The SMILES string of the molecule is CC(C)CCCC(C)C1CCC2C3CCC4C/C(=N/O)C5OC5C4(C)C3CCC12C. The van der Waals surface area contributed by atoms with Crippen LogP contribution < -0.4 is 0 Å². The van der Waals surface area contributed by atoms with Crippen LogP contribution in [-0.4, -0.2) is 23.1 Å². The predicted octanol–water partition coefficient (Wildman–Crippen LogP) is 6.93. The molecule has 3 nitrogen and oxygen atoms in total. The van der Waals surface area contributed by atoms with Crippen LogP contribution in [0.25, 0.3) is 0 Å². The second-order valence-corrected chi connectivity index (χ2v) is 12.8. The Hall–Kier alpha value is -0.570. The molecule has 0 amide bonds. The largest absolute Gasteiger partial charge is 0.411 e. The lowest BCUT2D eigenvalue weighted by atomic mass is 9.44. The summed E-state index contributed by atoms with van der Waals surface area (Å²) in [5.74, 6) is 5.97. The van der Waals surface area contributed by atoms with Crippen molar-refractivity contribution in [3.8, 4) is 0 Å². The van der Waals surface area contributed by atoms with Gasteiger partial charge in [-0.3, -0.25) is 0 Å². The molecule has 3 heteroatoms. The van der Waals surface area contributed by atoms with Crippen molar-refractivity contribution in [3.63, 3.8) is 0 Å². The Morgan fingerprint density at radius 1 is 1.03 bits per heavy atom. The zero-order valence-electron chi connectivity index (χ0n) is 20.1. The van der Waals surface area contributed by atoms with Gasteiger partial charge in [0.05, 0.1) is 11.8 Å². The summed E-state index contributed by atoms with van der Waals surface area (Å²) in [7, 11) is 0. The first-order chi connectivity index (χ1) is 14.3. The molecule has 10 atom stereocenters. The Bertz CT molecular complexity index is 688. The molecule has 1 saturated heterocycles. The molecule has 0 aromatic carbocycles. The summed E-state index contributed by atoms with van der Waals surface area (Å²) in [5.41, 5.74) is 1.81. The van der Waals surface area contributed by atoms with E-state index >= 15 is 0 Å². The summed E-state index contributed by atoms with van der Waals surface area (Å²) >= 11 is 0. The molecule has 1 N–H and O–H groups in total. The summed E-state index contributed by atoms with van der Waals surface area (Å²) in [4.78, 5) is 0. The summed E-state index contributed by atoms with van der Waals surface area (Å²) < 4.78 is 6.17. The summed E-state index contributed by atoms with van der Waals surface area (Å²) in [6.45, 7) is 12.5. The highest BCUT2D eigenvalue weighted by Gasteiger charge is 2.69. The van der Waals surface area contributed by atoms with E-state index in [4.69, 9.17) is 4.74 Å². The van der Waals surface area contributed by atoms with Gasteiger partial charge >= 0.3 is 0 Å². The first kappa shape index (κ1) is 21.3. The van der Waals surface area contributed by atoms with Crippen LogP contribution in [0.4, 0.5) is 0 Å². The van der Waals surface area contributed by atoms with Gasteiger partial charge in [0, 0.05) is 5.41 Å². The highest BCUT2D eigenvalue weighted by Crippen LogP contribution is 2.70. The molecule has 0 aromatic heterocycles. The van der Waals surface area contributed by atoms with Crippen LogP contribution in [0.1, 0.15) is 98.8 Å². The van der Waals surface area contributed by atoms with Gasteiger partial charge < -0.3 is 9.94 Å². The van der Waals surface area contributed by atoms with Crippen molar-refractivity contribution < 1.29 is 9.94 Å². The standard InChI is InChI=1S/C27H45NO2/c1-16(2)7-6-8-17(3)20-11-12-21-19-10-9-18-15-23(28-29)24-25(30-24)27(18,5)22(19)13-14-26(20,21)4/h16-22,24-25,29H,6-15H2,1-5H3/b28-23-. The maximum Gasteiger partial charge on any atom is 0.126 e. The number of ether oxygens (including phenoxy) is 1. The molecule has 10 unspecified atom stereocenters. The number of hydrogen-bond donors (Lipinski definition) is 1. The van der Waals surface area contributed by atoms with Gasteiger partial charge in [0.1, 0.15) is 6.10 Å². The Labute approximate surface area is 184 Å². The minimum atomic E-state index is 0.126. The monoisotopic (exact) mass is 415 g/mol. The van der Waals surface area contributed by atoms with Gasteiger partial charge in [-0.25, -0.2) is 0 Å². The van der Waals surface area contributed by atoms with E-state index in [0.29, 0.717) is 22.9 Å². The minimum absolute atomic E-state index is 0.126. The molecule has 0 aromatic rings. The van der Waals surface area contributed by atoms with Gasteiger partial charge in [0.15, 0.2) is 0 Å². The van der Waals surface area contributed by atoms with E-state index in [1.807, 2.05) is 0 Å². The van der Waals surface area contributed by atoms with Gasteiger partial charge in [-0.2, -0.15) is 0 Å². The number of nitrogens with zero attached hydrogens (tertiary/aromatic N) is 1. The Morgan fingerprint density at radius 2 is 1.83 bits per heavy atom. The van der Waals surface area contributed by atoms with Crippen LogP contribution in [0.5, 0.6) is 0 Å². The average Bonchev–Trinajstić information content (AvgIpc) is 3.43. The van der Waals surface area contributed by atoms with Crippen LogP contribution in [0.15, 0.2) is 5.16 Å². The molecular weight excluding hydrogens is 370 g/mol. The highest BCUT2D eigenvalue weighted by molar-refractivity contribution is 5.92. The van der Waals surface area contributed by atoms with Crippen LogP contribution >= 0.6 is 0 Å². The summed E-state index contributed by atoms with van der Waals surface area (Å²) in [6, 6.07) is 0. The van der Waals surface area contributed by atoms with Crippen LogP contribution in [0.3, 0.4) is 0 Å². The zero-order valence-corrected chi connectivity index (χ0v) is 20.1. The number of rotatable bonds is 5. The first-order valence-electron chi connectivity index (χ1n) is 13.2. The van der Waals surface area contributed by atoms with E-state index in [9.17, 15) is 5.21 Å². The van der Waals surface area contributed by atoms with Gasteiger partial charge in [-0.15, -0.1) is 0 Å². The molecule has 0 bridgehead atoms. The first-order valence-corrected chi connectivity index (χ1v) is 13.2. The number of epoxide rings is 1. The molecular formula is C27H45NO2. The average molecular weight is 416 g/mol. The van der Waals surface area contributed by atoms with Crippen LogP contribution in [-0.2, 0) is 4.74 Å². The lowest BCUT2D eigenvalue weighted by Gasteiger charge is -2.60. The Morgan fingerprint density at radius 3 is 2.57 bits per heavy atom. The number of hydrogen-bond acceptors (Lipinski definition) is 3. The third kappa shape index (κ3) is 3.04. The van der Waals surface area contributed by atoms with Gasteiger partial charge in [-0.1, -0.05) is 59.0 Å². The van der Waals surface area contributed by atoms with E-state index in [-0.39, 0.29) is 6.10 Å². The van der Waals surface area contributed by atoms with Crippen molar-refractivity contribution in [2.45, 2.75) is 111 Å². The zero-order chi connectivity index (χ0) is 21.3. The summed E-state index contributed by atoms with van der Waals surface area (Å²) in [6.07, 6.45) is 14.1. The fourth-order valence-electron chi connectivity index (χ4n) is 9.56. The third-order valence-corrected chi connectivity index (χ3v) is 11.2. The van der Waals surface area contributed by atoms with E-state index in [1.165, 1.54) is 57.8 Å². The van der Waals surface area contributed by atoms with Crippen molar-refractivity contribution in [2.24, 2.45) is 57.4 Å². The maximum absolute atomic E-state index is 9.43.